The van der Waals surface area contributed by atoms with Crippen LogP contribution in [-0.4, -0.2) is 47.9 Å². The van der Waals surface area contributed by atoms with Crippen LogP contribution in [0.2, 0.25) is 0 Å². The van der Waals surface area contributed by atoms with Gasteiger partial charge in [-0.25, -0.2) is 4.79 Å². The van der Waals surface area contributed by atoms with E-state index in [1.807, 2.05) is 24.3 Å². The van der Waals surface area contributed by atoms with Crippen LogP contribution in [0.25, 0.3) is 0 Å². The number of urea groups is 1. The second-order valence-electron chi connectivity index (χ2n) is 7.24. The second-order valence-corrected chi connectivity index (χ2v) is 7.24. The summed E-state index contributed by atoms with van der Waals surface area (Å²) < 4.78 is 4.91. The van der Waals surface area contributed by atoms with E-state index < -0.39 is 36.6 Å². The molecule has 0 unspecified atom stereocenters. The number of nitrogens with zero attached hydrogens (tertiary/aromatic N) is 1. The van der Waals surface area contributed by atoms with Crippen molar-refractivity contribution in [3.63, 3.8) is 0 Å². The molecule has 4 amide bonds. The molecule has 0 aromatic heterocycles. The number of amides is 4. The van der Waals surface area contributed by atoms with Crippen LogP contribution in [0, 0.1) is 0 Å². The highest BCUT2D eigenvalue weighted by molar-refractivity contribution is 6.09. The molecule has 0 radical (unpaired) electrons. The molecule has 8 heteroatoms. The van der Waals surface area contributed by atoms with Gasteiger partial charge in [0.15, 0.2) is 6.61 Å². The Morgan fingerprint density at radius 2 is 2.04 bits per heavy atom. The molecule has 27 heavy (non-hydrogen) atoms. The van der Waals surface area contributed by atoms with Crippen molar-refractivity contribution >= 4 is 23.8 Å². The molecule has 1 spiro atoms. The number of fused-ring (bicyclic) bond motifs is 2. The SMILES string of the molecule is O=C(COC(=O)CN1C(=O)N[C@@]2(CCCc3ccccc32)C1=O)NC1CC1. The van der Waals surface area contributed by atoms with Crippen LogP contribution in [0.5, 0.6) is 0 Å². The normalized spacial score (nSPS) is 23.8. The minimum atomic E-state index is -1.12. The lowest BCUT2D eigenvalue weighted by atomic mass is 9.76. The summed E-state index contributed by atoms with van der Waals surface area (Å²) in [5.74, 6) is -1.61. The van der Waals surface area contributed by atoms with Crippen LogP contribution in [0.15, 0.2) is 24.3 Å². The fourth-order valence-electron chi connectivity index (χ4n) is 3.77. The smallest absolute Gasteiger partial charge is 0.326 e. The van der Waals surface area contributed by atoms with Crippen molar-refractivity contribution in [1.82, 2.24) is 15.5 Å². The maximum atomic E-state index is 13.0. The number of esters is 1. The van der Waals surface area contributed by atoms with Gasteiger partial charge in [-0.05, 0) is 43.2 Å². The molecule has 142 valence electrons. The molecule has 1 heterocycles. The minimum Gasteiger partial charge on any atom is -0.454 e. The van der Waals surface area contributed by atoms with E-state index in [1.165, 1.54) is 0 Å². The van der Waals surface area contributed by atoms with Gasteiger partial charge in [0.1, 0.15) is 12.1 Å². The topological polar surface area (TPSA) is 105 Å². The van der Waals surface area contributed by atoms with Crippen molar-refractivity contribution in [3.8, 4) is 0 Å². The van der Waals surface area contributed by atoms with E-state index in [4.69, 9.17) is 4.74 Å². The third kappa shape index (κ3) is 3.27. The molecular formula is C19H21N3O5. The molecule has 4 rings (SSSR count). The van der Waals surface area contributed by atoms with E-state index in [2.05, 4.69) is 10.6 Å². The molecule has 2 fully saturated rings. The number of nitrogens with one attached hydrogen (secondary N) is 2. The van der Waals surface area contributed by atoms with Gasteiger partial charge in [-0.1, -0.05) is 24.3 Å². The molecule has 8 nitrogen and oxygen atoms in total. The van der Waals surface area contributed by atoms with Crippen molar-refractivity contribution < 1.29 is 23.9 Å². The lowest BCUT2D eigenvalue weighted by Gasteiger charge is -2.33. The van der Waals surface area contributed by atoms with Crippen molar-refractivity contribution in [3.05, 3.63) is 35.4 Å². The number of imide groups is 1. The van der Waals surface area contributed by atoms with Gasteiger partial charge in [-0.15, -0.1) is 0 Å². The van der Waals surface area contributed by atoms with Crippen molar-refractivity contribution in [2.45, 2.75) is 43.7 Å². The number of benzene rings is 1. The molecule has 2 aliphatic carbocycles. The molecule has 1 aromatic rings. The van der Waals surface area contributed by atoms with Crippen LogP contribution in [0.4, 0.5) is 4.79 Å². The third-order valence-electron chi connectivity index (χ3n) is 5.24. The van der Waals surface area contributed by atoms with E-state index in [1.54, 1.807) is 0 Å². The first-order valence-corrected chi connectivity index (χ1v) is 9.17. The summed E-state index contributed by atoms with van der Waals surface area (Å²) in [6.45, 7) is -0.918. The lowest BCUT2D eigenvalue weighted by Crippen LogP contribution is -2.46. The minimum absolute atomic E-state index is 0.174. The first-order valence-electron chi connectivity index (χ1n) is 9.17. The predicted octanol–water partition coefficient (Wildman–Crippen LogP) is 0.592. The number of carbonyl (C=O) groups is 4. The highest BCUT2D eigenvalue weighted by Crippen LogP contribution is 2.39. The average Bonchev–Trinajstić information content (AvgIpc) is 3.44. The van der Waals surface area contributed by atoms with Crippen molar-refractivity contribution in [2.75, 3.05) is 13.2 Å². The molecule has 2 N–H and O–H groups in total. The first kappa shape index (κ1) is 17.5. The van der Waals surface area contributed by atoms with Gasteiger partial charge < -0.3 is 15.4 Å². The summed E-state index contributed by atoms with van der Waals surface area (Å²) in [6, 6.07) is 7.09. The maximum absolute atomic E-state index is 13.0. The number of ether oxygens (including phenoxy) is 1. The van der Waals surface area contributed by atoms with Crippen LogP contribution in [0.1, 0.15) is 36.8 Å². The Kier molecular flexibility index (Phi) is 4.33. The standard InChI is InChI=1S/C19H21N3O5/c23-15(20-13-7-8-13)11-27-16(24)10-22-17(25)19(21-18(22)26)9-3-5-12-4-1-2-6-14(12)19/h1-2,4,6,13H,3,5,7-11H2,(H,20,23)(H,21,26)/t19-/m1/s1. The molecule has 3 aliphatic rings. The number of carbonyl (C=O) groups excluding carboxylic acids is 4. The summed E-state index contributed by atoms with van der Waals surface area (Å²) in [6.07, 6.45) is 3.98. The largest absolute Gasteiger partial charge is 0.454 e. The van der Waals surface area contributed by atoms with Crippen LogP contribution in [-0.2, 0) is 31.1 Å². The molecule has 1 saturated carbocycles. The zero-order valence-corrected chi connectivity index (χ0v) is 14.8. The van der Waals surface area contributed by atoms with E-state index in [-0.39, 0.29) is 11.9 Å². The highest BCUT2D eigenvalue weighted by atomic mass is 16.5. The fraction of sp³-hybridized carbons (Fsp3) is 0.474. The van der Waals surface area contributed by atoms with Gasteiger partial charge >= 0.3 is 12.0 Å². The molecule has 1 aromatic carbocycles. The Morgan fingerprint density at radius 1 is 1.26 bits per heavy atom. The predicted molar refractivity (Wildman–Crippen MR) is 93.4 cm³/mol. The van der Waals surface area contributed by atoms with E-state index in [0.717, 1.165) is 41.7 Å². The van der Waals surface area contributed by atoms with Crippen molar-refractivity contribution in [2.24, 2.45) is 0 Å². The highest BCUT2D eigenvalue weighted by Gasteiger charge is 2.54. The Labute approximate surface area is 156 Å². The molecule has 0 bridgehead atoms. The van der Waals surface area contributed by atoms with Gasteiger partial charge in [0.25, 0.3) is 11.8 Å². The maximum Gasteiger partial charge on any atom is 0.326 e. The molecular weight excluding hydrogens is 350 g/mol. The number of rotatable bonds is 5. The molecule has 1 saturated heterocycles. The van der Waals surface area contributed by atoms with Crippen LogP contribution < -0.4 is 10.6 Å². The Hall–Kier alpha value is -2.90. The van der Waals surface area contributed by atoms with E-state index in [9.17, 15) is 19.2 Å². The van der Waals surface area contributed by atoms with Gasteiger partial charge in [0.05, 0.1) is 0 Å². The van der Waals surface area contributed by atoms with Gasteiger partial charge in [-0.2, -0.15) is 0 Å². The van der Waals surface area contributed by atoms with Crippen LogP contribution >= 0.6 is 0 Å². The number of hydrogen-bond donors (Lipinski definition) is 2. The number of hydrogen-bond acceptors (Lipinski definition) is 5. The zero-order valence-electron chi connectivity index (χ0n) is 14.8. The third-order valence-corrected chi connectivity index (χ3v) is 5.24. The summed E-state index contributed by atoms with van der Waals surface area (Å²) in [4.78, 5) is 50.0. The number of aryl methyl sites for hydroxylation is 1. The van der Waals surface area contributed by atoms with Crippen molar-refractivity contribution in [1.29, 1.82) is 0 Å². The van der Waals surface area contributed by atoms with Gasteiger partial charge in [0, 0.05) is 6.04 Å². The molecule has 1 aliphatic heterocycles. The summed E-state index contributed by atoms with van der Waals surface area (Å²) in [5, 5.41) is 5.48. The quantitative estimate of drug-likeness (QED) is 0.582. The second kappa shape index (κ2) is 6.68. The lowest BCUT2D eigenvalue weighted by molar-refractivity contribution is -0.151. The average molecular weight is 371 g/mol. The van der Waals surface area contributed by atoms with Gasteiger partial charge in [0.2, 0.25) is 0 Å². The van der Waals surface area contributed by atoms with E-state index >= 15 is 0 Å². The summed E-state index contributed by atoms with van der Waals surface area (Å²) >= 11 is 0. The Bertz CT molecular complexity index is 819. The summed E-state index contributed by atoms with van der Waals surface area (Å²) in [5.41, 5.74) is 0.697. The Morgan fingerprint density at radius 3 is 2.81 bits per heavy atom. The first-order chi connectivity index (χ1) is 13.0. The summed E-state index contributed by atoms with van der Waals surface area (Å²) in [7, 11) is 0. The molecule has 1 atom stereocenters. The monoisotopic (exact) mass is 371 g/mol. The van der Waals surface area contributed by atoms with E-state index in [0.29, 0.717) is 6.42 Å². The zero-order chi connectivity index (χ0) is 19.0. The Balaban J connectivity index is 1.43. The fourth-order valence-corrected chi connectivity index (χ4v) is 3.77. The van der Waals surface area contributed by atoms with Crippen LogP contribution in [0.3, 0.4) is 0 Å². The van der Waals surface area contributed by atoms with Gasteiger partial charge in [-0.3, -0.25) is 19.3 Å².